The van der Waals surface area contributed by atoms with Crippen molar-refractivity contribution >= 4 is 17.3 Å². The Morgan fingerprint density at radius 3 is 2.33 bits per heavy atom. The van der Waals surface area contributed by atoms with Gasteiger partial charge in [-0.2, -0.15) is 0 Å². The molecule has 3 aromatic rings. The number of rotatable bonds is 9. The standard InChI is InChI=1S/C34H43N3O2S/c38-34(39)32(27-14-8-3-9-15-27)37-23-29(31(24-37)26-12-6-2-7-13-26)22-36-18-16-28(17-19-36)33-35-21-30(40-33)20-25-10-4-1-5-11-25/h1-2,4-7,10-13,21,27-29,31-32H,3,8-9,14-20,22-24H2,(H,38,39)/t29-,31?,32+/m0/s1. The summed E-state index contributed by atoms with van der Waals surface area (Å²) in [5.41, 5.74) is 2.71. The van der Waals surface area contributed by atoms with Crippen LogP contribution in [0.2, 0.25) is 0 Å². The quantitative estimate of drug-likeness (QED) is 0.319. The van der Waals surface area contributed by atoms with E-state index < -0.39 is 5.97 Å². The largest absolute Gasteiger partial charge is 0.480 e. The maximum absolute atomic E-state index is 12.5. The van der Waals surface area contributed by atoms with E-state index in [0.29, 0.717) is 23.7 Å². The van der Waals surface area contributed by atoms with Gasteiger partial charge in [-0.15, -0.1) is 11.3 Å². The highest BCUT2D eigenvalue weighted by Crippen LogP contribution is 2.39. The number of carboxylic acid groups (broad SMARTS) is 1. The highest BCUT2D eigenvalue weighted by molar-refractivity contribution is 7.11. The molecule has 1 unspecified atom stereocenters. The Balaban J connectivity index is 1.09. The number of carbonyl (C=O) groups is 1. The highest BCUT2D eigenvalue weighted by atomic mass is 32.1. The maximum atomic E-state index is 12.5. The van der Waals surface area contributed by atoms with Gasteiger partial charge >= 0.3 is 5.97 Å². The highest BCUT2D eigenvalue weighted by Gasteiger charge is 2.43. The van der Waals surface area contributed by atoms with Crippen LogP contribution in [0.3, 0.4) is 0 Å². The fourth-order valence-electron chi connectivity index (χ4n) is 7.58. The lowest BCUT2D eigenvalue weighted by Crippen LogP contribution is -2.46. The molecule has 6 rings (SSSR count). The summed E-state index contributed by atoms with van der Waals surface area (Å²) in [4.78, 5) is 23.7. The smallest absolute Gasteiger partial charge is 0.321 e. The van der Waals surface area contributed by atoms with E-state index in [1.54, 1.807) is 0 Å². The monoisotopic (exact) mass is 557 g/mol. The molecule has 3 heterocycles. The number of hydrogen-bond acceptors (Lipinski definition) is 5. The summed E-state index contributed by atoms with van der Waals surface area (Å²) >= 11 is 1.89. The molecule has 40 heavy (non-hydrogen) atoms. The first-order valence-electron chi connectivity index (χ1n) is 15.4. The zero-order chi connectivity index (χ0) is 27.3. The van der Waals surface area contributed by atoms with Crippen LogP contribution >= 0.6 is 11.3 Å². The lowest BCUT2D eigenvalue weighted by atomic mass is 9.83. The number of piperidine rings is 1. The van der Waals surface area contributed by atoms with Crippen molar-refractivity contribution in [3.05, 3.63) is 87.9 Å². The molecule has 2 aliphatic heterocycles. The van der Waals surface area contributed by atoms with Gasteiger partial charge in [-0.05, 0) is 61.7 Å². The van der Waals surface area contributed by atoms with Gasteiger partial charge in [-0.1, -0.05) is 79.9 Å². The maximum Gasteiger partial charge on any atom is 0.321 e. The van der Waals surface area contributed by atoms with Crippen molar-refractivity contribution < 1.29 is 9.90 Å². The molecule has 212 valence electrons. The van der Waals surface area contributed by atoms with E-state index in [4.69, 9.17) is 4.98 Å². The zero-order valence-electron chi connectivity index (χ0n) is 23.5. The topological polar surface area (TPSA) is 56.7 Å². The third-order valence-corrected chi connectivity index (χ3v) is 10.8. The van der Waals surface area contributed by atoms with Crippen LogP contribution in [0.1, 0.15) is 77.8 Å². The van der Waals surface area contributed by atoms with Crippen molar-refractivity contribution in [3.8, 4) is 0 Å². The third-order valence-electron chi connectivity index (χ3n) is 9.66. The predicted molar refractivity (Wildman–Crippen MR) is 162 cm³/mol. The number of hydrogen-bond donors (Lipinski definition) is 1. The van der Waals surface area contributed by atoms with Gasteiger partial charge in [0, 0.05) is 49.0 Å². The van der Waals surface area contributed by atoms with Crippen LogP contribution in [0.15, 0.2) is 66.9 Å². The van der Waals surface area contributed by atoms with Crippen LogP contribution < -0.4 is 0 Å². The van der Waals surface area contributed by atoms with E-state index in [-0.39, 0.29) is 6.04 Å². The molecule has 5 nitrogen and oxygen atoms in total. The normalized spacial score (nSPS) is 24.3. The summed E-state index contributed by atoms with van der Waals surface area (Å²) in [5, 5.41) is 11.6. The van der Waals surface area contributed by atoms with E-state index in [1.165, 1.54) is 40.3 Å². The van der Waals surface area contributed by atoms with Crippen LogP contribution in [0, 0.1) is 11.8 Å². The number of nitrogens with zero attached hydrogens (tertiary/aromatic N) is 3. The van der Waals surface area contributed by atoms with Crippen molar-refractivity contribution in [2.45, 2.75) is 69.2 Å². The predicted octanol–water partition coefficient (Wildman–Crippen LogP) is 6.66. The van der Waals surface area contributed by atoms with Crippen molar-refractivity contribution in [1.82, 2.24) is 14.8 Å². The van der Waals surface area contributed by atoms with Crippen molar-refractivity contribution in [2.75, 3.05) is 32.7 Å². The summed E-state index contributed by atoms with van der Waals surface area (Å²) in [7, 11) is 0. The summed E-state index contributed by atoms with van der Waals surface area (Å²) in [5.74, 6) is 1.08. The molecule has 3 fully saturated rings. The minimum absolute atomic E-state index is 0.294. The second-order valence-corrected chi connectivity index (χ2v) is 13.5. The average Bonchev–Trinajstić information content (AvgIpc) is 3.62. The second kappa shape index (κ2) is 13.0. The van der Waals surface area contributed by atoms with E-state index in [0.717, 1.165) is 64.8 Å². The van der Waals surface area contributed by atoms with E-state index in [9.17, 15) is 9.90 Å². The van der Waals surface area contributed by atoms with Gasteiger partial charge in [0.1, 0.15) is 6.04 Å². The fourth-order valence-corrected chi connectivity index (χ4v) is 8.71. The molecule has 0 bridgehead atoms. The fraction of sp³-hybridized carbons (Fsp3) is 0.529. The number of thiazole rings is 1. The molecule has 3 atom stereocenters. The SMILES string of the molecule is O=C(O)[C@@H](C1CCCCC1)N1CC(c2ccccc2)[C@@H](CN2CCC(c3ncc(Cc4ccccc4)s3)CC2)C1. The van der Waals surface area contributed by atoms with Gasteiger partial charge in [0.05, 0.1) is 5.01 Å². The zero-order valence-corrected chi connectivity index (χ0v) is 24.4. The molecule has 1 aromatic heterocycles. The second-order valence-electron chi connectivity index (χ2n) is 12.3. The van der Waals surface area contributed by atoms with Gasteiger partial charge < -0.3 is 10.0 Å². The van der Waals surface area contributed by atoms with Crippen molar-refractivity contribution in [1.29, 1.82) is 0 Å². The molecule has 6 heteroatoms. The summed E-state index contributed by atoms with van der Waals surface area (Å²) in [6.45, 7) is 5.00. The van der Waals surface area contributed by atoms with Crippen LogP contribution in [-0.4, -0.2) is 64.6 Å². The van der Waals surface area contributed by atoms with Crippen molar-refractivity contribution in [2.24, 2.45) is 11.8 Å². The Labute approximate surface area is 243 Å². The van der Waals surface area contributed by atoms with E-state index >= 15 is 0 Å². The molecule has 1 saturated carbocycles. The first-order valence-corrected chi connectivity index (χ1v) is 16.2. The Bertz CT molecular complexity index is 1220. The molecule has 0 spiro atoms. The first-order chi connectivity index (χ1) is 19.6. The molecule has 1 N–H and O–H groups in total. The number of carboxylic acids is 1. The number of aliphatic carboxylic acids is 1. The van der Waals surface area contributed by atoms with Crippen LogP contribution in [0.5, 0.6) is 0 Å². The van der Waals surface area contributed by atoms with Crippen LogP contribution in [0.25, 0.3) is 0 Å². The van der Waals surface area contributed by atoms with Gasteiger partial charge in [-0.25, -0.2) is 4.98 Å². The Kier molecular flexibility index (Phi) is 8.95. The minimum Gasteiger partial charge on any atom is -0.480 e. The van der Waals surface area contributed by atoms with E-state index in [2.05, 4.69) is 76.7 Å². The molecule has 2 aromatic carbocycles. The Hall–Kier alpha value is -2.54. The van der Waals surface area contributed by atoms with Gasteiger partial charge in [0.15, 0.2) is 0 Å². The summed E-state index contributed by atoms with van der Waals surface area (Å²) < 4.78 is 0. The number of benzene rings is 2. The lowest BCUT2D eigenvalue weighted by Gasteiger charge is -2.35. The molecule has 0 amide bonds. The molecular weight excluding hydrogens is 514 g/mol. The Morgan fingerprint density at radius 1 is 0.925 bits per heavy atom. The summed E-state index contributed by atoms with van der Waals surface area (Å²) in [6.07, 6.45) is 11.1. The molecule has 2 saturated heterocycles. The Morgan fingerprint density at radius 2 is 1.62 bits per heavy atom. The van der Waals surface area contributed by atoms with Crippen molar-refractivity contribution in [3.63, 3.8) is 0 Å². The molecular formula is C34H43N3O2S. The number of likely N-dealkylation sites (tertiary alicyclic amines) is 2. The van der Waals surface area contributed by atoms with Gasteiger partial charge in [-0.3, -0.25) is 9.69 Å². The lowest BCUT2D eigenvalue weighted by molar-refractivity contribution is -0.145. The number of aromatic nitrogens is 1. The van der Waals surface area contributed by atoms with Crippen LogP contribution in [0.4, 0.5) is 0 Å². The van der Waals surface area contributed by atoms with Crippen LogP contribution in [-0.2, 0) is 11.2 Å². The molecule has 3 aliphatic rings. The average molecular weight is 558 g/mol. The van der Waals surface area contributed by atoms with E-state index in [1.807, 2.05) is 11.3 Å². The van der Waals surface area contributed by atoms with Gasteiger partial charge in [0.2, 0.25) is 0 Å². The molecule has 1 aliphatic carbocycles. The first kappa shape index (κ1) is 27.6. The summed E-state index contributed by atoms with van der Waals surface area (Å²) in [6, 6.07) is 21.2. The third kappa shape index (κ3) is 6.50. The minimum atomic E-state index is -0.616. The van der Waals surface area contributed by atoms with Gasteiger partial charge in [0.25, 0.3) is 0 Å². The molecule has 0 radical (unpaired) electrons.